The number of hydrogen-bond acceptors (Lipinski definition) is 1. The molecule has 0 aliphatic heterocycles. The van der Waals surface area contributed by atoms with Crippen LogP contribution in [0.1, 0.15) is 18.2 Å². The predicted molar refractivity (Wildman–Crippen MR) is 64.1 cm³/mol. The Bertz CT molecular complexity index is 512. The summed E-state index contributed by atoms with van der Waals surface area (Å²) in [5.74, 6) is 0. The van der Waals surface area contributed by atoms with Crippen LogP contribution >= 0.6 is 0 Å². The van der Waals surface area contributed by atoms with E-state index in [2.05, 4.69) is 4.98 Å². The molecule has 2 rings (SSSR count). The first kappa shape index (κ1) is 12.6. The largest absolute Gasteiger partial charge is 0.416 e. The molecule has 0 radical (unpaired) electrons. The van der Waals surface area contributed by atoms with Crippen LogP contribution in [0.2, 0.25) is 0 Å². The van der Waals surface area contributed by atoms with Gasteiger partial charge >= 0.3 is 6.18 Å². The predicted octanol–water partition coefficient (Wildman–Crippen LogP) is 4.33. The molecule has 0 saturated heterocycles. The number of nitrogens with zero attached hydrogens (tertiary/aromatic N) is 1. The highest BCUT2D eigenvalue weighted by molar-refractivity contribution is 5.62. The number of benzene rings is 1. The van der Waals surface area contributed by atoms with Crippen molar-refractivity contribution in [1.82, 2.24) is 4.98 Å². The topological polar surface area (TPSA) is 12.9 Å². The zero-order valence-corrected chi connectivity index (χ0v) is 9.83. The van der Waals surface area contributed by atoms with Gasteiger partial charge in [-0.3, -0.25) is 4.98 Å². The van der Waals surface area contributed by atoms with Gasteiger partial charge in [0.1, 0.15) is 0 Å². The van der Waals surface area contributed by atoms with Crippen LogP contribution < -0.4 is 0 Å². The van der Waals surface area contributed by atoms with Crippen molar-refractivity contribution in [3.05, 3.63) is 53.9 Å². The van der Waals surface area contributed by atoms with Gasteiger partial charge in [0.05, 0.1) is 5.56 Å². The third-order valence-electron chi connectivity index (χ3n) is 2.73. The van der Waals surface area contributed by atoms with Gasteiger partial charge in [-0.05, 0) is 30.2 Å². The number of pyridine rings is 1. The minimum atomic E-state index is -4.29. The molecule has 1 aromatic carbocycles. The average molecular weight is 251 g/mol. The molecular formula is C14H12F3N. The molecule has 0 saturated carbocycles. The van der Waals surface area contributed by atoms with Gasteiger partial charge in [0, 0.05) is 17.5 Å². The summed E-state index contributed by atoms with van der Waals surface area (Å²) in [5.41, 5.74) is 1.88. The van der Waals surface area contributed by atoms with Crippen molar-refractivity contribution in [2.24, 2.45) is 0 Å². The van der Waals surface area contributed by atoms with E-state index in [9.17, 15) is 13.2 Å². The summed E-state index contributed by atoms with van der Waals surface area (Å²) in [6.45, 7) is 2.00. The van der Waals surface area contributed by atoms with Crippen LogP contribution in [0.4, 0.5) is 13.2 Å². The Morgan fingerprint density at radius 1 is 0.944 bits per heavy atom. The summed E-state index contributed by atoms with van der Waals surface area (Å²) in [7, 11) is 0. The Labute approximate surface area is 103 Å². The van der Waals surface area contributed by atoms with E-state index in [0.717, 1.165) is 35.4 Å². The van der Waals surface area contributed by atoms with Crippen LogP contribution in [0.25, 0.3) is 11.1 Å². The number of hydrogen-bond donors (Lipinski definition) is 0. The van der Waals surface area contributed by atoms with E-state index in [1.54, 1.807) is 6.20 Å². The summed E-state index contributed by atoms with van der Waals surface area (Å²) >= 11 is 0. The molecule has 0 unspecified atom stereocenters. The fourth-order valence-electron chi connectivity index (χ4n) is 1.66. The second-order valence-electron chi connectivity index (χ2n) is 3.97. The van der Waals surface area contributed by atoms with Crippen molar-refractivity contribution in [3.8, 4) is 11.1 Å². The average Bonchev–Trinajstić information content (AvgIpc) is 2.38. The Morgan fingerprint density at radius 2 is 1.56 bits per heavy atom. The molecule has 0 spiro atoms. The molecule has 4 heteroatoms. The van der Waals surface area contributed by atoms with E-state index in [-0.39, 0.29) is 0 Å². The molecule has 0 aliphatic rings. The molecule has 0 N–H and O–H groups in total. The fraction of sp³-hybridized carbons (Fsp3) is 0.214. The quantitative estimate of drug-likeness (QED) is 0.774. The zero-order valence-electron chi connectivity index (χ0n) is 9.83. The minimum Gasteiger partial charge on any atom is -0.261 e. The lowest BCUT2D eigenvalue weighted by Crippen LogP contribution is -2.04. The summed E-state index contributed by atoms with van der Waals surface area (Å²) in [6.07, 6.45) is -1.77. The zero-order chi connectivity index (χ0) is 13.2. The van der Waals surface area contributed by atoms with Gasteiger partial charge in [-0.1, -0.05) is 25.1 Å². The SMILES string of the molecule is CCc1ccc(-c2ccc(C(F)(F)F)cc2)cn1. The van der Waals surface area contributed by atoms with Crippen LogP contribution in [-0.2, 0) is 12.6 Å². The molecule has 0 atom stereocenters. The normalized spacial score (nSPS) is 11.6. The van der Waals surface area contributed by atoms with Crippen molar-refractivity contribution in [3.63, 3.8) is 0 Å². The van der Waals surface area contributed by atoms with E-state index in [0.29, 0.717) is 0 Å². The molecule has 0 fully saturated rings. The molecule has 0 amide bonds. The number of aromatic nitrogens is 1. The lowest BCUT2D eigenvalue weighted by atomic mass is 10.1. The van der Waals surface area contributed by atoms with Crippen LogP contribution in [0, 0.1) is 0 Å². The number of aryl methyl sites for hydroxylation is 1. The van der Waals surface area contributed by atoms with Crippen LogP contribution in [0.3, 0.4) is 0 Å². The summed E-state index contributed by atoms with van der Waals surface area (Å²) < 4.78 is 37.2. The van der Waals surface area contributed by atoms with E-state index in [4.69, 9.17) is 0 Å². The van der Waals surface area contributed by atoms with Crippen LogP contribution in [-0.4, -0.2) is 4.98 Å². The van der Waals surface area contributed by atoms with E-state index < -0.39 is 11.7 Å². The highest BCUT2D eigenvalue weighted by Crippen LogP contribution is 2.30. The highest BCUT2D eigenvalue weighted by Gasteiger charge is 2.29. The van der Waals surface area contributed by atoms with Gasteiger partial charge in [0.15, 0.2) is 0 Å². The molecule has 94 valence electrons. The molecule has 18 heavy (non-hydrogen) atoms. The maximum atomic E-state index is 12.4. The van der Waals surface area contributed by atoms with Gasteiger partial charge in [0.25, 0.3) is 0 Å². The monoisotopic (exact) mass is 251 g/mol. The third-order valence-corrected chi connectivity index (χ3v) is 2.73. The Hall–Kier alpha value is -1.84. The second-order valence-corrected chi connectivity index (χ2v) is 3.97. The summed E-state index contributed by atoms with van der Waals surface area (Å²) in [4.78, 5) is 4.22. The molecule has 1 aromatic heterocycles. The molecular weight excluding hydrogens is 239 g/mol. The second kappa shape index (κ2) is 4.80. The molecule has 2 aromatic rings. The maximum Gasteiger partial charge on any atom is 0.416 e. The first-order chi connectivity index (χ1) is 8.50. The Kier molecular flexibility index (Phi) is 3.36. The van der Waals surface area contributed by atoms with Crippen LogP contribution in [0.5, 0.6) is 0 Å². The van der Waals surface area contributed by atoms with Gasteiger partial charge < -0.3 is 0 Å². The first-order valence-corrected chi connectivity index (χ1v) is 5.63. The molecule has 0 aliphatic carbocycles. The first-order valence-electron chi connectivity index (χ1n) is 5.63. The fourth-order valence-corrected chi connectivity index (χ4v) is 1.66. The smallest absolute Gasteiger partial charge is 0.261 e. The van der Waals surface area contributed by atoms with E-state index in [1.165, 1.54) is 12.1 Å². The van der Waals surface area contributed by atoms with Gasteiger partial charge in [-0.25, -0.2) is 0 Å². The van der Waals surface area contributed by atoms with E-state index in [1.807, 2.05) is 19.1 Å². The third kappa shape index (κ3) is 2.70. The van der Waals surface area contributed by atoms with Crippen molar-refractivity contribution in [2.75, 3.05) is 0 Å². The van der Waals surface area contributed by atoms with Crippen molar-refractivity contribution in [2.45, 2.75) is 19.5 Å². The molecule has 0 bridgehead atoms. The number of halogens is 3. The van der Waals surface area contributed by atoms with Gasteiger partial charge in [-0.2, -0.15) is 13.2 Å². The summed E-state index contributed by atoms with van der Waals surface area (Å²) in [6, 6.07) is 8.85. The number of alkyl halides is 3. The number of rotatable bonds is 2. The lowest BCUT2D eigenvalue weighted by molar-refractivity contribution is -0.137. The standard InChI is InChI=1S/C14H12F3N/c1-2-13-8-5-11(9-18-13)10-3-6-12(7-4-10)14(15,16)17/h3-9H,2H2,1H3. The minimum absolute atomic E-state index is 0.635. The maximum absolute atomic E-state index is 12.4. The molecule has 1 heterocycles. The van der Waals surface area contributed by atoms with E-state index >= 15 is 0 Å². The Morgan fingerprint density at radius 3 is 2.00 bits per heavy atom. The van der Waals surface area contributed by atoms with Crippen molar-refractivity contribution < 1.29 is 13.2 Å². The van der Waals surface area contributed by atoms with Crippen molar-refractivity contribution >= 4 is 0 Å². The van der Waals surface area contributed by atoms with Gasteiger partial charge in [0.2, 0.25) is 0 Å². The van der Waals surface area contributed by atoms with Gasteiger partial charge in [-0.15, -0.1) is 0 Å². The summed E-state index contributed by atoms with van der Waals surface area (Å²) in [5, 5.41) is 0. The van der Waals surface area contributed by atoms with Crippen LogP contribution in [0.15, 0.2) is 42.6 Å². The highest BCUT2D eigenvalue weighted by atomic mass is 19.4. The Balaban J connectivity index is 2.28. The molecule has 1 nitrogen and oxygen atoms in total. The lowest BCUT2D eigenvalue weighted by Gasteiger charge is -2.07. The van der Waals surface area contributed by atoms with Crippen molar-refractivity contribution in [1.29, 1.82) is 0 Å².